The van der Waals surface area contributed by atoms with E-state index in [4.69, 9.17) is 0 Å². The van der Waals surface area contributed by atoms with E-state index in [2.05, 4.69) is 36.4 Å². The van der Waals surface area contributed by atoms with Gasteiger partial charge in [-0.2, -0.15) is 0 Å². The summed E-state index contributed by atoms with van der Waals surface area (Å²) in [5.74, 6) is 0. The molecule has 1 aliphatic carbocycles. The van der Waals surface area contributed by atoms with E-state index in [0.717, 1.165) is 38.9 Å². The molecule has 26 heavy (non-hydrogen) atoms. The smallest absolute Gasteiger partial charge is 0.142 e. The maximum absolute atomic E-state index is 12.1. The van der Waals surface area contributed by atoms with Crippen molar-refractivity contribution in [3.63, 3.8) is 0 Å². The van der Waals surface area contributed by atoms with E-state index in [1.165, 1.54) is 0 Å². The second kappa shape index (κ2) is 5.69. The van der Waals surface area contributed by atoms with Gasteiger partial charge in [0.1, 0.15) is 5.60 Å². The zero-order valence-corrected chi connectivity index (χ0v) is 14.3. The zero-order chi connectivity index (χ0) is 17.6. The van der Waals surface area contributed by atoms with E-state index in [1.54, 1.807) is 0 Å². The lowest BCUT2D eigenvalue weighted by molar-refractivity contribution is 0.131. The van der Waals surface area contributed by atoms with Crippen molar-refractivity contribution in [1.29, 1.82) is 0 Å². The molecule has 0 fully saturated rings. The second-order valence-corrected chi connectivity index (χ2v) is 6.72. The molecule has 1 unspecified atom stereocenters. The third-order valence-corrected chi connectivity index (χ3v) is 5.31. The molecule has 1 N–H and O–H groups in total. The average Bonchev–Trinajstić information content (AvgIpc) is 3.00. The molecule has 4 aromatic carbocycles. The molecular formula is C25H18O. The molecule has 124 valence electrons. The van der Waals surface area contributed by atoms with Gasteiger partial charge in [-0.25, -0.2) is 0 Å². The van der Waals surface area contributed by atoms with Gasteiger partial charge in [-0.15, -0.1) is 0 Å². The van der Waals surface area contributed by atoms with E-state index in [0.29, 0.717) is 0 Å². The number of fused-ring (bicyclic) bond motifs is 3. The Morgan fingerprint density at radius 2 is 1.08 bits per heavy atom. The van der Waals surface area contributed by atoms with Crippen LogP contribution in [0, 0.1) is 0 Å². The largest absolute Gasteiger partial charge is 0.376 e. The average molecular weight is 334 g/mol. The predicted octanol–water partition coefficient (Wildman–Crippen LogP) is 5.62. The summed E-state index contributed by atoms with van der Waals surface area (Å²) in [5.41, 5.74) is 6.06. The lowest BCUT2D eigenvalue weighted by atomic mass is 9.81. The van der Waals surface area contributed by atoms with Crippen molar-refractivity contribution in [1.82, 2.24) is 0 Å². The van der Waals surface area contributed by atoms with Crippen molar-refractivity contribution < 1.29 is 5.11 Å². The summed E-state index contributed by atoms with van der Waals surface area (Å²) in [6.07, 6.45) is 0. The lowest BCUT2D eigenvalue weighted by Gasteiger charge is -2.28. The van der Waals surface area contributed by atoms with Crippen LogP contribution >= 0.6 is 0 Å². The summed E-state index contributed by atoms with van der Waals surface area (Å²) in [5, 5.41) is 12.1. The third-order valence-electron chi connectivity index (χ3n) is 5.31. The number of benzene rings is 4. The Balaban J connectivity index is 1.89. The molecule has 5 rings (SSSR count). The Morgan fingerprint density at radius 1 is 0.500 bits per heavy atom. The normalized spacial score (nSPS) is 17.6. The Hall–Kier alpha value is -3.16. The minimum atomic E-state index is -1.15. The standard InChI is InChI=1S/C25H18O/c26-25(19-12-5-2-6-13-19)23-17-8-7-14-21(23)22-16-9-15-20(24(22)25)18-10-3-1-4-11-18/h1-17,26H. The first-order chi connectivity index (χ1) is 12.8. The van der Waals surface area contributed by atoms with E-state index >= 15 is 0 Å². The fourth-order valence-electron chi connectivity index (χ4n) is 4.17. The van der Waals surface area contributed by atoms with Gasteiger partial charge in [0.15, 0.2) is 0 Å². The molecule has 4 aromatic rings. The molecule has 1 aliphatic rings. The van der Waals surface area contributed by atoms with Crippen molar-refractivity contribution in [2.45, 2.75) is 5.60 Å². The topological polar surface area (TPSA) is 20.2 Å². The molecule has 0 aliphatic heterocycles. The van der Waals surface area contributed by atoms with E-state index in [-0.39, 0.29) is 0 Å². The van der Waals surface area contributed by atoms with Gasteiger partial charge >= 0.3 is 0 Å². The summed E-state index contributed by atoms with van der Waals surface area (Å²) >= 11 is 0. The van der Waals surface area contributed by atoms with Crippen molar-refractivity contribution in [2.75, 3.05) is 0 Å². The molecule has 0 heterocycles. The highest BCUT2D eigenvalue weighted by atomic mass is 16.3. The Labute approximate surface area is 153 Å². The molecule has 1 heteroatoms. The molecule has 0 saturated heterocycles. The van der Waals surface area contributed by atoms with Crippen molar-refractivity contribution in [2.24, 2.45) is 0 Å². The van der Waals surface area contributed by atoms with Gasteiger partial charge in [0.25, 0.3) is 0 Å². The van der Waals surface area contributed by atoms with Crippen LogP contribution in [-0.4, -0.2) is 5.11 Å². The summed E-state index contributed by atoms with van der Waals surface area (Å²) in [6, 6.07) is 34.7. The first kappa shape index (κ1) is 15.1. The van der Waals surface area contributed by atoms with Crippen LogP contribution < -0.4 is 0 Å². The summed E-state index contributed by atoms with van der Waals surface area (Å²) in [4.78, 5) is 0. The fourth-order valence-corrected chi connectivity index (χ4v) is 4.17. The molecule has 0 radical (unpaired) electrons. The van der Waals surface area contributed by atoms with Gasteiger partial charge < -0.3 is 5.11 Å². The molecule has 0 spiro atoms. The summed E-state index contributed by atoms with van der Waals surface area (Å²) in [7, 11) is 0. The van der Waals surface area contributed by atoms with Gasteiger partial charge in [-0.3, -0.25) is 0 Å². The van der Waals surface area contributed by atoms with Crippen molar-refractivity contribution in [3.8, 4) is 22.3 Å². The van der Waals surface area contributed by atoms with Gasteiger partial charge in [0.2, 0.25) is 0 Å². The molecule has 1 nitrogen and oxygen atoms in total. The summed E-state index contributed by atoms with van der Waals surface area (Å²) < 4.78 is 0. The maximum atomic E-state index is 12.1. The zero-order valence-electron chi connectivity index (χ0n) is 14.3. The molecular weight excluding hydrogens is 316 g/mol. The second-order valence-electron chi connectivity index (χ2n) is 6.72. The SMILES string of the molecule is OC1(c2ccccc2)c2ccccc2-c2cccc(-c3ccccc3)c21. The van der Waals surface area contributed by atoms with Crippen LogP contribution in [0.15, 0.2) is 103 Å². The first-order valence-electron chi connectivity index (χ1n) is 8.87. The van der Waals surface area contributed by atoms with E-state index in [1.807, 2.05) is 66.7 Å². The van der Waals surface area contributed by atoms with Crippen LogP contribution in [0.25, 0.3) is 22.3 Å². The van der Waals surface area contributed by atoms with Crippen molar-refractivity contribution >= 4 is 0 Å². The lowest BCUT2D eigenvalue weighted by Crippen LogP contribution is -2.26. The predicted molar refractivity (Wildman–Crippen MR) is 106 cm³/mol. The Kier molecular flexibility index (Phi) is 3.31. The highest BCUT2D eigenvalue weighted by Crippen LogP contribution is 2.53. The fraction of sp³-hybridized carbons (Fsp3) is 0.0400. The minimum Gasteiger partial charge on any atom is -0.376 e. The van der Waals surface area contributed by atoms with Crippen LogP contribution in [0.1, 0.15) is 16.7 Å². The quantitative estimate of drug-likeness (QED) is 0.504. The summed E-state index contributed by atoms with van der Waals surface area (Å²) in [6.45, 7) is 0. The molecule has 1 atom stereocenters. The van der Waals surface area contributed by atoms with Crippen LogP contribution in [0.2, 0.25) is 0 Å². The van der Waals surface area contributed by atoms with Crippen LogP contribution in [0.5, 0.6) is 0 Å². The van der Waals surface area contributed by atoms with Crippen molar-refractivity contribution in [3.05, 3.63) is 120 Å². The molecule has 0 saturated carbocycles. The van der Waals surface area contributed by atoms with Crippen LogP contribution in [0.3, 0.4) is 0 Å². The van der Waals surface area contributed by atoms with Crippen LogP contribution in [0.4, 0.5) is 0 Å². The van der Waals surface area contributed by atoms with Crippen LogP contribution in [-0.2, 0) is 5.60 Å². The molecule has 0 amide bonds. The van der Waals surface area contributed by atoms with Gasteiger partial charge in [0, 0.05) is 11.1 Å². The monoisotopic (exact) mass is 334 g/mol. The van der Waals surface area contributed by atoms with Gasteiger partial charge in [-0.1, -0.05) is 103 Å². The Bertz CT molecular complexity index is 1080. The van der Waals surface area contributed by atoms with Gasteiger partial charge in [-0.05, 0) is 27.8 Å². The first-order valence-corrected chi connectivity index (χ1v) is 8.87. The molecule has 0 aromatic heterocycles. The third kappa shape index (κ3) is 2.01. The Morgan fingerprint density at radius 3 is 1.85 bits per heavy atom. The number of hydrogen-bond donors (Lipinski definition) is 1. The number of aliphatic hydroxyl groups is 1. The van der Waals surface area contributed by atoms with E-state index in [9.17, 15) is 5.11 Å². The minimum absolute atomic E-state index is 0.898. The number of hydrogen-bond acceptors (Lipinski definition) is 1. The van der Waals surface area contributed by atoms with Gasteiger partial charge in [0.05, 0.1) is 0 Å². The highest BCUT2D eigenvalue weighted by Gasteiger charge is 2.44. The highest BCUT2D eigenvalue weighted by molar-refractivity contribution is 5.89. The maximum Gasteiger partial charge on any atom is 0.142 e. The number of rotatable bonds is 2. The van der Waals surface area contributed by atoms with E-state index < -0.39 is 5.60 Å². The molecule has 0 bridgehead atoms.